The summed E-state index contributed by atoms with van der Waals surface area (Å²) in [7, 11) is 0. The number of carbonyl (C=O) groups is 1. The van der Waals surface area contributed by atoms with Gasteiger partial charge in [-0.15, -0.1) is 0 Å². The van der Waals surface area contributed by atoms with E-state index < -0.39 is 5.91 Å². The topological polar surface area (TPSA) is 76.3 Å². The molecule has 0 aliphatic carbocycles. The van der Waals surface area contributed by atoms with Crippen LogP contribution in [-0.4, -0.2) is 21.4 Å². The Morgan fingerprint density at radius 1 is 0.966 bits per heavy atom. The van der Waals surface area contributed by atoms with Gasteiger partial charge in [0.25, 0.3) is 11.5 Å². The van der Waals surface area contributed by atoms with E-state index in [4.69, 9.17) is 0 Å². The second-order valence-corrected chi connectivity index (χ2v) is 6.96. The largest absolute Gasteiger partial charge is 0.292 e. The van der Waals surface area contributed by atoms with Gasteiger partial charge in [0.2, 0.25) is 0 Å². The highest BCUT2D eigenvalue weighted by molar-refractivity contribution is 6.05. The van der Waals surface area contributed by atoms with Crippen LogP contribution in [0.5, 0.6) is 0 Å². The van der Waals surface area contributed by atoms with Crippen LogP contribution in [0.25, 0.3) is 10.8 Å². The first-order valence-electron chi connectivity index (χ1n) is 10.0. The Bertz CT molecular complexity index is 1060. The van der Waals surface area contributed by atoms with E-state index in [1.807, 2.05) is 30.3 Å². The maximum Gasteiger partial charge on any atom is 0.292 e. The number of nitrogens with one attached hydrogen (secondary N) is 1. The molecule has 0 aliphatic rings. The molecule has 0 fully saturated rings. The van der Waals surface area contributed by atoms with E-state index in [9.17, 15) is 9.59 Å². The molecule has 29 heavy (non-hydrogen) atoms. The van der Waals surface area contributed by atoms with Crippen molar-refractivity contribution in [3.05, 3.63) is 76.2 Å². The molecule has 0 bridgehead atoms. The maximum absolute atomic E-state index is 12.9. The summed E-state index contributed by atoms with van der Waals surface area (Å²) in [6.45, 7) is 4.47. The predicted molar refractivity (Wildman–Crippen MR) is 116 cm³/mol. The molecule has 1 N–H and O–H groups in total. The summed E-state index contributed by atoms with van der Waals surface area (Å²) in [6, 6.07) is 16.6. The molecule has 2 aromatic carbocycles. The van der Waals surface area contributed by atoms with Gasteiger partial charge in [0.05, 0.1) is 11.9 Å². The molecule has 0 unspecified atom stereocenters. The second-order valence-electron chi connectivity index (χ2n) is 6.96. The lowest BCUT2D eigenvalue weighted by atomic mass is 10.1. The molecular weight excluding hydrogens is 364 g/mol. The lowest BCUT2D eigenvalue weighted by Gasteiger charge is -2.11. The van der Waals surface area contributed by atoms with Gasteiger partial charge in [0.15, 0.2) is 5.69 Å². The van der Waals surface area contributed by atoms with Crippen LogP contribution >= 0.6 is 0 Å². The van der Waals surface area contributed by atoms with Crippen molar-refractivity contribution in [1.29, 1.82) is 0 Å². The first-order valence-corrected chi connectivity index (χ1v) is 10.0. The molecule has 6 nitrogen and oxygen atoms in total. The third kappa shape index (κ3) is 4.96. The minimum atomic E-state index is -0.410. The normalized spacial score (nSPS) is 10.7. The van der Waals surface area contributed by atoms with E-state index in [0.717, 1.165) is 37.0 Å². The molecule has 0 atom stereocenters. The maximum atomic E-state index is 12.9. The van der Waals surface area contributed by atoms with Gasteiger partial charge in [-0.3, -0.25) is 9.59 Å². The number of hydrazone groups is 1. The van der Waals surface area contributed by atoms with Crippen LogP contribution in [0, 0.1) is 0 Å². The van der Waals surface area contributed by atoms with Crippen molar-refractivity contribution in [2.75, 3.05) is 0 Å². The molecular formula is C23H26N4O2. The van der Waals surface area contributed by atoms with E-state index in [1.165, 1.54) is 4.68 Å². The van der Waals surface area contributed by atoms with Gasteiger partial charge < -0.3 is 0 Å². The van der Waals surface area contributed by atoms with Crippen molar-refractivity contribution in [2.45, 2.75) is 46.1 Å². The van der Waals surface area contributed by atoms with Gasteiger partial charge in [-0.2, -0.15) is 10.2 Å². The Labute approximate surface area is 170 Å². The SMILES string of the molecule is CCCC(CCC)=NNC(=O)c1nn(Cc2ccccc2)c(=O)c2ccccc12. The highest BCUT2D eigenvalue weighted by Crippen LogP contribution is 2.14. The molecule has 150 valence electrons. The van der Waals surface area contributed by atoms with Crippen molar-refractivity contribution in [2.24, 2.45) is 5.10 Å². The molecule has 3 aromatic rings. The molecule has 1 heterocycles. The van der Waals surface area contributed by atoms with Gasteiger partial charge in [-0.1, -0.05) is 75.2 Å². The van der Waals surface area contributed by atoms with Crippen molar-refractivity contribution in [1.82, 2.24) is 15.2 Å². The first-order chi connectivity index (χ1) is 14.1. The van der Waals surface area contributed by atoms with Crippen LogP contribution in [0.15, 0.2) is 64.5 Å². The fourth-order valence-electron chi connectivity index (χ4n) is 3.26. The number of carbonyl (C=O) groups excluding carboxylic acids is 1. The minimum absolute atomic E-state index is 0.201. The predicted octanol–water partition coefficient (Wildman–Crippen LogP) is 4.13. The monoisotopic (exact) mass is 390 g/mol. The first kappa shape index (κ1) is 20.5. The number of hydrogen-bond acceptors (Lipinski definition) is 4. The minimum Gasteiger partial charge on any atom is -0.267 e. The molecule has 0 saturated heterocycles. The summed E-state index contributed by atoms with van der Waals surface area (Å²) in [6.07, 6.45) is 3.63. The van der Waals surface area contributed by atoms with Crippen LogP contribution in [0.3, 0.4) is 0 Å². The zero-order valence-electron chi connectivity index (χ0n) is 16.9. The van der Waals surface area contributed by atoms with Crippen LogP contribution < -0.4 is 11.0 Å². The molecule has 0 radical (unpaired) electrons. The average Bonchev–Trinajstić information content (AvgIpc) is 2.75. The van der Waals surface area contributed by atoms with Crippen LogP contribution in [-0.2, 0) is 6.54 Å². The summed E-state index contributed by atoms with van der Waals surface area (Å²) >= 11 is 0. The molecule has 1 aromatic heterocycles. The van der Waals surface area contributed by atoms with E-state index in [0.29, 0.717) is 17.3 Å². The number of rotatable bonds is 8. The lowest BCUT2D eigenvalue weighted by molar-refractivity contribution is 0.0949. The summed E-state index contributed by atoms with van der Waals surface area (Å²) in [5, 5.41) is 9.70. The fraction of sp³-hybridized carbons (Fsp3) is 0.304. The zero-order valence-corrected chi connectivity index (χ0v) is 16.9. The van der Waals surface area contributed by atoms with Gasteiger partial charge in [0, 0.05) is 11.1 Å². The molecule has 0 saturated carbocycles. The molecule has 1 amide bonds. The summed E-state index contributed by atoms with van der Waals surface area (Å²) in [5.41, 5.74) is 4.53. The number of hydrogen-bond donors (Lipinski definition) is 1. The van der Waals surface area contributed by atoms with E-state index in [-0.39, 0.29) is 11.3 Å². The molecule has 0 spiro atoms. The quantitative estimate of drug-likeness (QED) is 0.464. The Morgan fingerprint density at radius 2 is 1.59 bits per heavy atom. The number of amides is 1. The fourth-order valence-corrected chi connectivity index (χ4v) is 3.26. The Hall–Kier alpha value is -3.28. The van der Waals surface area contributed by atoms with Crippen molar-refractivity contribution < 1.29 is 4.79 Å². The van der Waals surface area contributed by atoms with Gasteiger partial charge in [-0.05, 0) is 24.5 Å². The molecule has 6 heteroatoms. The van der Waals surface area contributed by atoms with E-state index in [1.54, 1.807) is 24.3 Å². The Balaban J connectivity index is 2.00. The van der Waals surface area contributed by atoms with E-state index in [2.05, 4.69) is 29.5 Å². The lowest BCUT2D eigenvalue weighted by Crippen LogP contribution is -2.29. The van der Waals surface area contributed by atoms with Crippen molar-refractivity contribution >= 4 is 22.4 Å². The Morgan fingerprint density at radius 3 is 2.24 bits per heavy atom. The number of benzene rings is 2. The van der Waals surface area contributed by atoms with Gasteiger partial charge >= 0.3 is 0 Å². The third-order valence-electron chi connectivity index (χ3n) is 4.65. The standard InChI is InChI=1S/C23H26N4O2/c1-3-10-18(11-4-2)24-25-22(28)21-19-14-8-9-15-20(19)23(29)27(26-21)16-17-12-6-5-7-13-17/h5-9,12-15H,3-4,10-11,16H2,1-2H3,(H,25,28). The Kier molecular flexibility index (Phi) is 6.89. The molecule has 3 rings (SSSR count). The highest BCUT2D eigenvalue weighted by Gasteiger charge is 2.16. The number of nitrogens with zero attached hydrogens (tertiary/aromatic N) is 3. The van der Waals surface area contributed by atoms with Crippen LogP contribution in [0.1, 0.15) is 55.6 Å². The summed E-state index contributed by atoms with van der Waals surface area (Å²) < 4.78 is 1.34. The number of fused-ring (bicyclic) bond motifs is 1. The summed E-state index contributed by atoms with van der Waals surface area (Å²) in [5.74, 6) is -0.410. The average molecular weight is 390 g/mol. The molecule has 0 aliphatic heterocycles. The third-order valence-corrected chi connectivity index (χ3v) is 4.65. The van der Waals surface area contributed by atoms with Crippen molar-refractivity contribution in [3.63, 3.8) is 0 Å². The van der Waals surface area contributed by atoms with Crippen molar-refractivity contribution in [3.8, 4) is 0 Å². The second kappa shape index (κ2) is 9.78. The van der Waals surface area contributed by atoms with Crippen LogP contribution in [0.4, 0.5) is 0 Å². The van der Waals surface area contributed by atoms with Gasteiger partial charge in [0.1, 0.15) is 0 Å². The van der Waals surface area contributed by atoms with Crippen LogP contribution in [0.2, 0.25) is 0 Å². The van der Waals surface area contributed by atoms with E-state index >= 15 is 0 Å². The van der Waals surface area contributed by atoms with Gasteiger partial charge in [-0.25, -0.2) is 10.1 Å². The summed E-state index contributed by atoms with van der Waals surface area (Å²) in [4.78, 5) is 25.8. The zero-order chi connectivity index (χ0) is 20.6. The number of aromatic nitrogens is 2. The smallest absolute Gasteiger partial charge is 0.267 e. The highest BCUT2D eigenvalue weighted by atomic mass is 16.2.